The SMILES string of the molecule is CCC(Oc1ccc2sc3ccccc3c(=O)c2c1)C(=O)O. The van der Waals surface area contributed by atoms with Gasteiger partial charge in [0.1, 0.15) is 5.75 Å². The number of benzene rings is 2. The molecule has 1 aromatic heterocycles. The van der Waals surface area contributed by atoms with Crippen LogP contribution in [0.4, 0.5) is 0 Å². The third kappa shape index (κ3) is 2.55. The van der Waals surface area contributed by atoms with Crippen molar-refractivity contribution in [3.05, 3.63) is 52.7 Å². The Kier molecular flexibility index (Phi) is 3.81. The summed E-state index contributed by atoms with van der Waals surface area (Å²) in [5, 5.41) is 10.3. The maximum Gasteiger partial charge on any atom is 0.344 e. The van der Waals surface area contributed by atoms with Crippen LogP contribution in [0.25, 0.3) is 20.2 Å². The van der Waals surface area contributed by atoms with Gasteiger partial charge in [-0.2, -0.15) is 0 Å². The second kappa shape index (κ2) is 5.77. The molecule has 0 saturated heterocycles. The van der Waals surface area contributed by atoms with Gasteiger partial charge in [-0.05, 0) is 36.8 Å². The minimum atomic E-state index is -1.01. The largest absolute Gasteiger partial charge is 0.479 e. The van der Waals surface area contributed by atoms with E-state index in [1.807, 2.05) is 18.2 Å². The Bertz CT molecular complexity index is 913. The first-order valence-electron chi connectivity index (χ1n) is 6.95. The molecule has 2 aromatic carbocycles. The molecule has 1 atom stereocenters. The number of carboxylic acid groups (broad SMARTS) is 1. The molecule has 5 heteroatoms. The zero-order chi connectivity index (χ0) is 15.7. The summed E-state index contributed by atoms with van der Waals surface area (Å²) in [5.41, 5.74) is -0.0572. The molecule has 0 saturated carbocycles. The standard InChI is InChI=1S/C17H14O4S/c1-2-13(17(19)20)21-10-7-8-15-12(9-10)16(18)11-5-3-4-6-14(11)22-15/h3-9,13H,2H2,1H3,(H,19,20). The fourth-order valence-electron chi connectivity index (χ4n) is 2.33. The Morgan fingerprint density at radius 2 is 1.91 bits per heavy atom. The quantitative estimate of drug-likeness (QED) is 0.747. The second-order valence-electron chi connectivity index (χ2n) is 4.94. The fourth-order valence-corrected chi connectivity index (χ4v) is 3.38. The summed E-state index contributed by atoms with van der Waals surface area (Å²) in [7, 11) is 0. The zero-order valence-electron chi connectivity index (χ0n) is 11.9. The lowest BCUT2D eigenvalue weighted by molar-refractivity contribution is -0.145. The van der Waals surface area contributed by atoms with Gasteiger partial charge in [-0.3, -0.25) is 4.79 Å². The van der Waals surface area contributed by atoms with Gasteiger partial charge in [0.2, 0.25) is 0 Å². The predicted molar refractivity (Wildman–Crippen MR) is 87.9 cm³/mol. The van der Waals surface area contributed by atoms with Crippen LogP contribution in [0.1, 0.15) is 13.3 Å². The van der Waals surface area contributed by atoms with Crippen LogP contribution in [0.5, 0.6) is 5.75 Å². The summed E-state index contributed by atoms with van der Waals surface area (Å²) in [4.78, 5) is 23.6. The van der Waals surface area contributed by atoms with E-state index in [1.54, 1.807) is 31.2 Å². The molecule has 0 radical (unpaired) electrons. The molecule has 3 aromatic rings. The van der Waals surface area contributed by atoms with E-state index in [-0.39, 0.29) is 5.43 Å². The van der Waals surface area contributed by atoms with Crippen LogP contribution in [-0.2, 0) is 4.79 Å². The minimum Gasteiger partial charge on any atom is -0.479 e. The second-order valence-corrected chi connectivity index (χ2v) is 6.02. The van der Waals surface area contributed by atoms with Crippen LogP contribution in [0.15, 0.2) is 47.3 Å². The number of carboxylic acids is 1. The van der Waals surface area contributed by atoms with Crippen molar-refractivity contribution < 1.29 is 14.6 Å². The van der Waals surface area contributed by atoms with Crippen LogP contribution in [0.3, 0.4) is 0 Å². The van der Waals surface area contributed by atoms with E-state index >= 15 is 0 Å². The van der Waals surface area contributed by atoms with Gasteiger partial charge in [0, 0.05) is 20.2 Å². The van der Waals surface area contributed by atoms with Gasteiger partial charge in [0.25, 0.3) is 0 Å². The molecule has 22 heavy (non-hydrogen) atoms. The van der Waals surface area contributed by atoms with E-state index in [2.05, 4.69) is 0 Å². The summed E-state index contributed by atoms with van der Waals surface area (Å²) in [6.45, 7) is 1.74. The third-order valence-corrected chi connectivity index (χ3v) is 4.62. The monoisotopic (exact) mass is 314 g/mol. The first-order valence-corrected chi connectivity index (χ1v) is 7.77. The van der Waals surface area contributed by atoms with E-state index in [0.29, 0.717) is 22.9 Å². The van der Waals surface area contributed by atoms with Crippen molar-refractivity contribution in [2.75, 3.05) is 0 Å². The predicted octanol–water partition coefficient (Wildman–Crippen LogP) is 3.66. The molecule has 0 aliphatic carbocycles. The lowest BCUT2D eigenvalue weighted by Crippen LogP contribution is -2.25. The molecule has 1 N–H and O–H groups in total. The Balaban J connectivity index is 2.13. The summed E-state index contributed by atoms with van der Waals surface area (Å²) in [6, 6.07) is 12.6. The topological polar surface area (TPSA) is 63.6 Å². The Hall–Kier alpha value is -2.40. The molecular formula is C17H14O4S. The smallest absolute Gasteiger partial charge is 0.344 e. The molecule has 0 bridgehead atoms. The van der Waals surface area contributed by atoms with Crippen LogP contribution in [-0.4, -0.2) is 17.2 Å². The third-order valence-electron chi connectivity index (χ3n) is 3.47. The molecule has 3 rings (SSSR count). The highest BCUT2D eigenvalue weighted by molar-refractivity contribution is 7.24. The minimum absolute atomic E-state index is 0.0572. The average Bonchev–Trinajstić information content (AvgIpc) is 2.53. The van der Waals surface area contributed by atoms with E-state index in [0.717, 1.165) is 9.40 Å². The van der Waals surface area contributed by atoms with E-state index in [4.69, 9.17) is 9.84 Å². The van der Waals surface area contributed by atoms with Crippen molar-refractivity contribution >= 4 is 37.5 Å². The highest BCUT2D eigenvalue weighted by Crippen LogP contribution is 2.27. The van der Waals surface area contributed by atoms with Crippen molar-refractivity contribution in [2.24, 2.45) is 0 Å². The highest BCUT2D eigenvalue weighted by atomic mass is 32.1. The molecule has 0 spiro atoms. The van der Waals surface area contributed by atoms with Gasteiger partial charge < -0.3 is 9.84 Å². The molecule has 0 fully saturated rings. The van der Waals surface area contributed by atoms with Crippen molar-refractivity contribution in [3.63, 3.8) is 0 Å². The number of hydrogen-bond acceptors (Lipinski definition) is 4. The van der Waals surface area contributed by atoms with Crippen LogP contribution < -0.4 is 10.2 Å². The van der Waals surface area contributed by atoms with Gasteiger partial charge in [0.15, 0.2) is 11.5 Å². The lowest BCUT2D eigenvalue weighted by atomic mass is 10.2. The molecule has 4 nitrogen and oxygen atoms in total. The number of ether oxygens (including phenoxy) is 1. The Morgan fingerprint density at radius 1 is 1.18 bits per heavy atom. The first kappa shape index (κ1) is 14.5. The van der Waals surface area contributed by atoms with E-state index < -0.39 is 12.1 Å². The molecule has 0 amide bonds. The fraction of sp³-hybridized carbons (Fsp3) is 0.176. The lowest BCUT2D eigenvalue weighted by Gasteiger charge is -2.13. The number of aliphatic carboxylic acids is 1. The van der Waals surface area contributed by atoms with Crippen molar-refractivity contribution in [2.45, 2.75) is 19.4 Å². The van der Waals surface area contributed by atoms with Crippen LogP contribution in [0.2, 0.25) is 0 Å². The van der Waals surface area contributed by atoms with Crippen LogP contribution >= 0.6 is 11.3 Å². The normalized spacial score (nSPS) is 12.4. The number of rotatable bonds is 4. The van der Waals surface area contributed by atoms with Crippen molar-refractivity contribution in [3.8, 4) is 5.75 Å². The molecular weight excluding hydrogens is 300 g/mol. The average molecular weight is 314 g/mol. The Morgan fingerprint density at radius 3 is 2.64 bits per heavy atom. The van der Waals surface area contributed by atoms with Crippen LogP contribution in [0, 0.1) is 0 Å². The zero-order valence-corrected chi connectivity index (χ0v) is 12.7. The van der Waals surface area contributed by atoms with Gasteiger partial charge in [-0.1, -0.05) is 19.1 Å². The first-order chi connectivity index (χ1) is 10.6. The Labute approximate surface area is 130 Å². The maximum atomic E-state index is 12.6. The maximum absolute atomic E-state index is 12.6. The van der Waals surface area contributed by atoms with Gasteiger partial charge in [0.05, 0.1) is 0 Å². The molecule has 0 aliphatic heterocycles. The molecule has 0 aliphatic rings. The highest BCUT2D eigenvalue weighted by Gasteiger charge is 2.17. The number of hydrogen-bond donors (Lipinski definition) is 1. The van der Waals surface area contributed by atoms with Gasteiger partial charge in [-0.25, -0.2) is 4.79 Å². The molecule has 1 heterocycles. The molecule has 112 valence electrons. The summed E-state index contributed by atoms with van der Waals surface area (Å²) in [5.74, 6) is -0.604. The van der Waals surface area contributed by atoms with E-state index in [1.165, 1.54) is 11.3 Å². The van der Waals surface area contributed by atoms with Crippen molar-refractivity contribution in [1.29, 1.82) is 0 Å². The van der Waals surface area contributed by atoms with Gasteiger partial charge in [-0.15, -0.1) is 11.3 Å². The number of carbonyl (C=O) groups is 1. The van der Waals surface area contributed by atoms with Gasteiger partial charge >= 0.3 is 5.97 Å². The summed E-state index contributed by atoms with van der Waals surface area (Å²) < 4.78 is 7.26. The summed E-state index contributed by atoms with van der Waals surface area (Å²) in [6.07, 6.45) is -0.547. The van der Waals surface area contributed by atoms with Crippen molar-refractivity contribution in [1.82, 2.24) is 0 Å². The number of fused-ring (bicyclic) bond motifs is 2. The van der Waals surface area contributed by atoms with E-state index in [9.17, 15) is 9.59 Å². The molecule has 1 unspecified atom stereocenters. The summed E-state index contributed by atoms with van der Waals surface area (Å²) >= 11 is 1.53.